The van der Waals surface area contributed by atoms with E-state index in [9.17, 15) is 27.6 Å². The Hall–Kier alpha value is -4.45. The molecule has 2 amide bonds. The smallest absolute Gasteiger partial charge is 0.475 e. The van der Waals surface area contributed by atoms with Crippen LogP contribution in [0, 0.1) is 0 Å². The summed E-state index contributed by atoms with van der Waals surface area (Å²) >= 11 is 0. The third kappa shape index (κ3) is 10.4. The molecule has 3 aromatic rings. The van der Waals surface area contributed by atoms with Gasteiger partial charge in [-0.1, -0.05) is 72.8 Å². The van der Waals surface area contributed by atoms with E-state index in [1.807, 2.05) is 72.8 Å². The van der Waals surface area contributed by atoms with Crippen molar-refractivity contribution >= 4 is 34.5 Å². The van der Waals surface area contributed by atoms with Crippen LogP contribution in [0.25, 0.3) is 10.8 Å². The third-order valence-corrected chi connectivity index (χ3v) is 5.29. The highest BCUT2D eigenvalue weighted by molar-refractivity contribution is 5.91. The lowest BCUT2D eigenvalue weighted by Crippen LogP contribution is -2.50. The van der Waals surface area contributed by atoms with Gasteiger partial charge in [-0.3, -0.25) is 14.4 Å². The van der Waals surface area contributed by atoms with Gasteiger partial charge in [-0.25, -0.2) is 4.79 Å². The van der Waals surface area contributed by atoms with Crippen LogP contribution in [0.2, 0.25) is 0 Å². The minimum absolute atomic E-state index is 0.112. The van der Waals surface area contributed by atoms with Crippen LogP contribution in [0.3, 0.4) is 0 Å². The molecule has 208 valence electrons. The molecule has 12 heteroatoms. The molecular weight excluding hydrogens is 519 g/mol. The summed E-state index contributed by atoms with van der Waals surface area (Å²) in [5.41, 5.74) is 7.64. The van der Waals surface area contributed by atoms with E-state index in [2.05, 4.69) is 10.6 Å². The maximum absolute atomic E-state index is 12.4. The zero-order valence-electron chi connectivity index (χ0n) is 20.9. The maximum atomic E-state index is 12.4. The number of benzene rings is 3. The number of nitrogens with two attached hydrogens (primary N) is 1. The standard InChI is InChI=1S/C25H27N3O4.C2HF3O2/c1-17(24(30)27-15-20-12-7-11-19-10-5-6-13-21(19)20)28-25(31)22(26)14-23(29)32-16-18-8-3-2-4-9-18;3-2(4,5)1(6)7/h2-13,17,22H,14-16,26H2,1H3,(H,27,30)(H,28,31);(H,6,7)/t17-,22-;/m0./s1. The molecule has 0 heterocycles. The lowest BCUT2D eigenvalue weighted by Gasteiger charge is -2.17. The number of aliphatic carboxylic acids is 1. The molecule has 0 bridgehead atoms. The summed E-state index contributed by atoms with van der Waals surface area (Å²) in [6.45, 7) is 2.01. The number of amides is 2. The number of ether oxygens (including phenoxy) is 1. The van der Waals surface area contributed by atoms with Crippen LogP contribution in [-0.2, 0) is 37.1 Å². The van der Waals surface area contributed by atoms with E-state index in [4.69, 9.17) is 20.4 Å². The predicted molar refractivity (Wildman–Crippen MR) is 136 cm³/mol. The molecular formula is C27H28F3N3O6. The van der Waals surface area contributed by atoms with Gasteiger partial charge < -0.3 is 26.2 Å². The molecule has 0 radical (unpaired) electrons. The van der Waals surface area contributed by atoms with E-state index in [1.54, 1.807) is 6.92 Å². The van der Waals surface area contributed by atoms with Crippen molar-refractivity contribution in [3.63, 3.8) is 0 Å². The molecule has 0 fully saturated rings. The van der Waals surface area contributed by atoms with Gasteiger partial charge in [-0.2, -0.15) is 13.2 Å². The summed E-state index contributed by atoms with van der Waals surface area (Å²) in [6.07, 6.45) is -5.36. The van der Waals surface area contributed by atoms with Gasteiger partial charge in [0.05, 0.1) is 12.5 Å². The lowest BCUT2D eigenvalue weighted by molar-refractivity contribution is -0.192. The van der Waals surface area contributed by atoms with Crippen molar-refractivity contribution in [2.45, 2.75) is 44.8 Å². The highest BCUT2D eigenvalue weighted by Crippen LogP contribution is 2.18. The SMILES string of the molecule is C[C@H](NC(=O)[C@@H](N)CC(=O)OCc1ccccc1)C(=O)NCc1cccc2ccccc12.O=C(O)C(F)(F)F. The number of fused-ring (bicyclic) bond motifs is 1. The first-order valence-corrected chi connectivity index (χ1v) is 11.7. The molecule has 0 spiro atoms. The van der Waals surface area contributed by atoms with E-state index < -0.39 is 36.1 Å². The van der Waals surface area contributed by atoms with E-state index in [1.165, 1.54) is 0 Å². The number of nitrogens with one attached hydrogen (secondary N) is 2. The molecule has 0 aliphatic heterocycles. The van der Waals surface area contributed by atoms with Crippen LogP contribution in [0.4, 0.5) is 13.2 Å². The summed E-state index contributed by atoms with van der Waals surface area (Å²) in [4.78, 5) is 45.6. The maximum Gasteiger partial charge on any atom is 0.490 e. The number of hydrogen-bond acceptors (Lipinski definition) is 6. The van der Waals surface area contributed by atoms with Crippen LogP contribution in [0.5, 0.6) is 0 Å². The molecule has 0 saturated heterocycles. The number of alkyl halides is 3. The number of rotatable bonds is 9. The molecule has 39 heavy (non-hydrogen) atoms. The Morgan fingerprint density at radius 2 is 1.51 bits per heavy atom. The molecule has 5 N–H and O–H groups in total. The van der Waals surface area contributed by atoms with Crippen molar-refractivity contribution in [3.8, 4) is 0 Å². The van der Waals surface area contributed by atoms with E-state index in [0.29, 0.717) is 6.54 Å². The molecule has 9 nitrogen and oxygen atoms in total. The van der Waals surface area contributed by atoms with Gasteiger partial charge in [0.25, 0.3) is 0 Å². The van der Waals surface area contributed by atoms with Crippen LogP contribution in [-0.4, -0.2) is 47.1 Å². The number of carbonyl (C=O) groups is 4. The Morgan fingerprint density at radius 1 is 0.923 bits per heavy atom. The third-order valence-electron chi connectivity index (χ3n) is 5.29. The average molecular weight is 548 g/mol. The molecule has 3 aromatic carbocycles. The number of carboxylic acid groups (broad SMARTS) is 1. The second-order valence-corrected chi connectivity index (χ2v) is 8.35. The Kier molecular flexibility index (Phi) is 11.4. The number of hydrogen-bond donors (Lipinski definition) is 4. The van der Waals surface area contributed by atoms with Crippen molar-refractivity contribution in [2.75, 3.05) is 0 Å². The molecule has 2 atom stereocenters. The highest BCUT2D eigenvalue weighted by atomic mass is 19.4. The first-order chi connectivity index (χ1) is 18.4. The zero-order chi connectivity index (χ0) is 29.0. The van der Waals surface area contributed by atoms with Gasteiger partial charge >= 0.3 is 18.1 Å². The second kappa shape index (κ2) is 14.5. The molecule has 0 unspecified atom stereocenters. The molecule has 0 aromatic heterocycles. The van der Waals surface area contributed by atoms with Crippen LogP contribution in [0.1, 0.15) is 24.5 Å². The Balaban J connectivity index is 0.000000673. The van der Waals surface area contributed by atoms with E-state index in [0.717, 1.165) is 21.9 Å². The Bertz CT molecular complexity index is 1280. The van der Waals surface area contributed by atoms with Gasteiger partial charge in [0.15, 0.2) is 0 Å². The Morgan fingerprint density at radius 3 is 2.15 bits per heavy atom. The normalized spacial score (nSPS) is 12.3. The number of carbonyl (C=O) groups excluding carboxylic acids is 3. The Labute approximate surface area is 222 Å². The van der Waals surface area contributed by atoms with Crippen molar-refractivity contribution < 1.29 is 42.2 Å². The van der Waals surface area contributed by atoms with Crippen LogP contribution >= 0.6 is 0 Å². The fraction of sp³-hybridized carbons (Fsp3) is 0.259. The summed E-state index contributed by atoms with van der Waals surface area (Å²) in [5, 5.41) is 14.6. The summed E-state index contributed by atoms with van der Waals surface area (Å²) in [6, 6.07) is 21.1. The van der Waals surface area contributed by atoms with E-state index in [-0.39, 0.29) is 18.9 Å². The largest absolute Gasteiger partial charge is 0.490 e. The topological polar surface area (TPSA) is 148 Å². The van der Waals surface area contributed by atoms with Gasteiger partial charge in [0.2, 0.25) is 11.8 Å². The van der Waals surface area contributed by atoms with Gasteiger partial charge in [0.1, 0.15) is 12.6 Å². The van der Waals surface area contributed by atoms with E-state index >= 15 is 0 Å². The number of carboxylic acids is 1. The molecule has 0 aliphatic carbocycles. The van der Waals surface area contributed by atoms with Gasteiger partial charge in [-0.05, 0) is 28.8 Å². The van der Waals surface area contributed by atoms with Crippen LogP contribution < -0.4 is 16.4 Å². The number of halogens is 3. The molecule has 3 rings (SSSR count). The first kappa shape index (κ1) is 30.8. The lowest BCUT2D eigenvalue weighted by atomic mass is 10.0. The quantitative estimate of drug-likeness (QED) is 0.301. The second-order valence-electron chi connectivity index (χ2n) is 8.35. The number of esters is 1. The zero-order valence-corrected chi connectivity index (χ0v) is 20.9. The fourth-order valence-corrected chi connectivity index (χ4v) is 3.24. The average Bonchev–Trinajstić information content (AvgIpc) is 2.90. The fourth-order valence-electron chi connectivity index (χ4n) is 3.24. The van der Waals surface area contributed by atoms with Crippen molar-refractivity contribution in [1.82, 2.24) is 10.6 Å². The van der Waals surface area contributed by atoms with Gasteiger partial charge in [0, 0.05) is 6.54 Å². The summed E-state index contributed by atoms with van der Waals surface area (Å²) in [7, 11) is 0. The summed E-state index contributed by atoms with van der Waals surface area (Å²) in [5.74, 6) is -4.27. The van der Waals surface area contributed by atoms with Crippen molar-refractivity contribution in [1.29, 1.82) is 0 Å². The molecule has 0 saturated carbocycles. The minimum atomic E-state index is -5.08. The van der Waals surface area contributed by atoms with Gasteiger partial charge in [-0.15, -0.1) is 0 Å². The predicted octanol–water partition coefficient (Wildman–Crippen LogP) is 3.05. The minimum Gasteiger partial charge on any atom is -0.475 e. The van der Waals surface area contributed by atoms with Crippen LogP contribution in [0.15, 0.2) is 72.8 Å². The summed E-state index contributed by atoms with van der Waals surface area (Å²) < 4.78 is 36.9. The van der Waals surface area contributed by atoms with Crippen molar-refractivity contribution in [2.24, 2.45) is 5.73 Å². The monoisotopic (exact) mass is 547 g/mol. The first-order valence-electron chi connectivity index (χ1n) is 11.7. The highest BCUT2D eigenvalue weighted by Gasteiger charge is 2.38. The molecule has 0 aliphatic rings. The van der Waals surface area contributed by atoms with Crippen molar-refractivity contribution in [3.05, 3.63) is 83.9 Å².